The molecule has 0 spiro atoms. The van der Waals surface area contributed by atoms with Crippen LogP contribution < -0.4 is 0 Å². The lowest BCUT2D eigenvalue weighted by Gasteiger charge is -2.20. The first kappa shape index (κ1) is 9.65. The van der Waals surface area contributed by atoms with E-state index in [9.17, 15) is 4.39 Å². The van der Waals surface area contributed by atoms with Gasteiger partial charge in [-0.2, -0.15) is 0 Å². The van der Waals surface area contributed by atoms with Crippen LogP contribution in [0.1, 0.15) is 19.5 Å². The average molecular weight is 232 g/mol. The highest BCUT2D eigenvalue weighted by Gasteiger charge is 2.23. The highest BCUT2D eigenvalue weighted by Crippen LogP contribution is 2.25. The van der Waals surface area contributed by atoms with E-state index in [4.69, 9.17) is 0 Å². The Labute approximate surface area is 80.1 Å². The third kappa shape index (κ3) is 1.83. The van der Waals surface area contributed by atoms with E-state index >= 15 is 0 Å². The molecule has 0 aliphatic heterocycles. The van der Waals surface area contributed by atoms with Crippen LogP contribution in [0.3, 0.4) is 0 Å². The maximum Gasteiger partial charge on any atom is 0.145 e. The van der Waals surface area contributed by atoms with E-state index < -0.39 is 0 Å². The minimum absolute atomic E-state index is 0.234. The molecule has 1 aromatic heterocycles. The van der Waals surface area contributed by atoms with Gasteiger partial charge in [0.05, 0.1) is 5.69 Å². The zero-order chi connectivity index (χ0) is 9.19. The zero-order valence-electron chi connectivity index (χ0n) is 7.14. The molecule has 0 aliphatic rings. The summed E-state index contributed by atoms with van der Waals surface area (Å²) in [5.41, 5.74) is 0.271. The number of nitrogens with zero attached hydrogens (tertiary/aromatic N) is 1. The van der Waals surface area contributed by atoms with E-state index in [1.54, 1.807) is 12.3 Å². The van der Waals surface area contributed by atoms with Gasteiger partial charge in [-0.1, -0.05) is 29.8 Å². The van der Waals surface area contributed by atoms with Gasteiger partial charge < -0.3 is 0 Å². The van der Waals surface area contributed by atoms with E-state index in [1.165, 1.54) is 6.07 Å². The van der Waals surface area contributed by atoms with Crippen LogP contribution in [0.4, 0.5) is 4.39 Å². The van der Waals surface area contributed by atoms with Gasteiger partial charge in [-0.15, -0.1) is 0 Å². The van der Waals surface area contributed by atoms with Crippen molar-refractivity contribution in [2.45, 2.75) is 19.3 Å². The molecular formula is C9H11BrFN. The Morgan fingerprint density at radius 1 is 1.58 bits per heavy atom. The van der Waals surface area contributed by atoms with Gasteiger partial charge in [-0.3, -0.25) is 4.98 Å². The van der Waals surface area contributed by atoms with Crippen LogP contribution in [0.5, 0.6) is 0 Å². The van der Waals surface area contributed by atoms with Crippen molar-refractivity contribution in [3.63, 3.8) is 0 Å². The maximum absolute atomic E-state index is 13.2. The summed E-state index contributed by atoms with van der Waals surface area (Å²) in [6.45, 7) is 3.90. The Morgan fingerprint density at radius 2 is 2.25 bits per heavy atom. The third-order valence-corrected chi connectivity index (χ3v) is 3.14. The molecule has 1 nitrogen and oxygen atoms in total. The van der Waals surface area contributed by atoms with E-state index in [2.05, 4.69) is 20.9 Å². The minimum atomic E-state index is -0.245. The highest BCUT2D eigenvalue weighted by atomic mass is 79.9. The van der Waals surface area contributed by atoms with Crippen molar-refractivity contribution in [1.82, 2.24) is 4.98 Å². The number of alkyl halides is 1. The topological polar surface area (TPSA) is 12.9 Å². The zero-order valence-corrected chi connectivity index (χ0v) is 8.73. The molecule has 0 aliphatic carbocycles. The van der Waals surface area contributed by atoms with Crippen LogP contribution in [0.25, 0.3) is 0 Å². The second kappa shape index (κ2) is 3.52. The Kier molecular flexibility index (Phi) is 2.83. The molecule has 1 rings (SSSR count). The molecular weight excluding hydrogens is 221 g/mol. The smallest absolute Gasteiger partial charge is 0.145 e. The van der Waals surface area contributed by atoms with E-state index in [-0.39, 0.29) is 11.2 Å². The quantitative estimate of drug-likeness (QED) is 0.714. The van der Waals surface area contributed by atoms with Crippen molar-refractivity contribution in [3.05, 3.63) is 29.8 Å². The summed E-state index contributed by atoms with van der Waals surface area (Å²) in [5, 5.41) is 0.702. The molecule has 0 atom stereocenters. The van der Waals surface area contributed by atoms with E-state index in [1.807, 2.05) is 13.8 Å². The normalized spacial score (nSPS) is 11.7. The van der Waals surface area contributed by atoms with Crippen molar-refractivity contribution < 1.29 is 4.39 Å². The molecule has 0 saturated heterocycles. The summed E-state index contributed by atoms with van der Waals surface area (Å²) >= 11 is 3.34. The monoisotopic (exact) mass is 231 g/mol. The first-order chi connectivity index (χ1) is 5.58. The summed E-state index contributed by atoms with van der Waals surface area (Å²) < 4.78 is 13.2. The molecule has 66 valence electrons. The van der Waals surface area contributed by atoms with Crippen molar-refractivity contribution >= 4 is 15.9 Å². The van der Waals surface area contributed by atoms with Gasteiger partial charge in [0.25, 0.3) is 0 Å². The highest BCUT2D eigenvalue weighted by molar-refractivity contribution is 9.09. The third-order valence-electron chi connectivity index (χ3n) is 1.73. The molecule has 0 fully saturated rings. The van der Waals surface area contributed by atoms with Crippen LogP contribution in [-0.4, -0.2) is 10.3 Å². The molecule has 0 aromatic carbocycles. The molecule has 0 bridgehead atoms. The Hall–Kier alpha value is -0.440. The Balaban J connectivity index is 3.10. The Bertz CT molecular complexity index is 273. The predicted molar refractivity (Wildman–Crippen MR) is 51.0 cm³/mol. The fourth-order valence-corrected chi connectivity index (χ4v) is 1.21. The number of aromatic nitrogens is 1. The maximum atomic E-state index is 13.2. The first-order valence-corrected chi connectivity index (χ1v) is 4.87. The molecule has 1 aromatic rings. The number of rotatable bonds is 2. The first-order valence-electron chi connectivity index (χ1n) is 3.75. The number of pyridine rings is 1. The van der Waals surface area contributed by atoms with Crippen LogP contribution in [0.2, 0.25) is 0 Å². The van der Waals surface area contributed by atoms with Crippen molar-refractivity contribution in [3.8, 4) is 0 Å². The minimum Gasteiger partial charge on any atom is -0.258 e. The van der Waals surface area contributed by atoms with Gasteiger partial charge in [0.15, 0.2) is 0 Å². The summed E-state index contributed by atoms with van der Waals surface area (Å²) in [4.78, 5) is 4.02. The molecule has 12 heavy (non-hydrogen) atoms. The lowest BCUT2D eigenvalue weighted by molar-refractivity contribution is 0.511. The lowest BCUT2D eigenvalue weighted by Crippen LogP contribution is -2.22. The predicted octanol–water partition coefficient (Wildman–Crippen LogP) is 2.89. The second-order valence-electron chi connectivity index (χ2n) is 3.35. The standard InChI is InChI=1S/C9H11BrFN/c1-9(2,6-10)8-7(11)4-3-5-12-8/h3-5H,6H2,1-2H3. The van der Waals surface area contributed by atoms with Crippen LogP contribution >= 0.6 is 15.9 Å². The van der Waals surface area contributed by atoms with Crippen LogP contribution in [-0.2, 0) is 5.41 Å². The lowest BCUT2D eigenvalue weighted by atomic mass is 9.91. The second-order valence-corrected chi connectivity index (χ2v) is 3.91. The molecule has 0 radical (unpaired) electrons. The fraction of sp³-hybridized carbons (Fsp3) is 0.444. The summed E-state index contributed by atoms with van der Waals surface area (Å²) in [7, 11) is 0. The molecule has 1 heterocycles. The number of halogens is 2. The van der Waals surface area contributed by atoms with Gasteiger partial charge in [0, 0.05) is 16.9 Å². The van der Waals surface area contributed by atoms with Gasteiger partial charge in [-0.05, 0) is 12.1 Å². The molecule has 3 heteroatoms. The largest absolute Gasteiger partial charge is 0.258 e. The van der Waals surface area contributed by atoms with Gasteiger partial charge in [0.2, 0.25) is 0 Å². The number of hydrogen-bond acceptors (Lipinski definition) is 1. The molecule has 0 saturated carbocycles. The van der Waals surface area contributed by atoms with Crippen LogP contribution in [0.15, 0.2) is 18.3 Å². The van der Waals surface area contributed by atoms with Gasteiger partial charge >= 0.3 is 0 Å². The fourth-order valence-electron chi connectivity index (χ4n) is 0.947. The molecule has 0 N–H and O–H groups in total. The van der Waals surface area contributed by atoms with Gasteiger partial charge in [0.1, 0.15) is 5.82 Å². The average Bonchev–Trinajstić information content (AvgIpc) is 2.05. The van der Waals surface area contributed by atoms with Gasteiger partial charge in [-0.25, -0.2) is 4.39 Å². The summed E-state index contributed by atoms with van der Waals surface area (Å²) in [6, 6.07) is 3.04. The van der Waals surface area contributed by atoms with Crippen molar-refractivity contribution in [2.24, 2.45) is 0 Å². The van der Waals surface area contributed by atoms with Crippen molar-refractivity contribution in [1.29, 1.82) is 0 Å². The van der Waals surface area contributed by atoms with E-state index in [0.717, 1.165) is 0 Å². The molecule has 0 amide bonds. The van der Waals surface area contributed by atoms with Crippen molar-refractivity contribution in [2.75, 3.05) is 5.33 Å². The Morgan fingerprint density at radius 3 is 2.75 bits per heavy atom. The SMILES string of the molecule is CC(C)(CBr)c1ncccc1F. The molecule has 0 unspecified atom stereocenters. The van der Waals surface area contributed by atoms with E-state index in [0.29, 0.717) is 11.0 Å². The van der Waals surface area contributed by atoms with Crippen LogP contribution in [0, 0.1) is 5.82 Å². The summed E-state index contributed by atoms with van der Waals surface area (Å²) in [5.74, 6) is -0.234. The number of hydrogen-bond donors (Lipinski definition) is 0. The summed E-state index contributed by atoms with van der Waals surface area (Å²) in [6.07, 6.45) is 1.61.